The molecule has 0 aliphatic carbocycles. The van der Waals surface area contributed by atoms with Gasteiger partial charge in [-0.15, -0.1) is 0 Å². The number of halogens is 2. The maximum atomic E-state index is 3.01. The molecule has 48 valence electrons. The van der Waals surface area contributed by atoms with Gasteiger partial charge in [0.15, 0.2) is 0 Å². The minimum atomic E-state index is 0.924. The maximum absolute atomic E-state index is 3.01. The molecule has 0 spiro atoms. The van der Waals surface area contributed by atoms with Crippen LogP contribution in [0.4, 0.5) is 0 Å². The zero-order chi connectivity index (χ0) is 6.95. The fraction of sp³-hybridized carbons (Fsp3) is 0.429. The van der Waals surface area contributed by atoms with Crippen LogP contribution in [0.3, 0.4) is 0 Å². The lowest BCUT2D eigenvalue weighted by atomic mass is 10.2. The van der Waals surface area contributed by atoms with Gasteiger partial charge in [0.05, 0.1) is 0 Å². The van der Waals surface area contributed by atoms with E-state index in [-0.39, 0.29) is 0 Å². The van der Waals surface area contributed by atoms with Crippen LogP contribution >= 0.6 is 31.9 Å². The van der Waals surface area contributed by atoms with Gasteiger partial charge < -0.3 is 0 Å². The van der Waals surface area contributed by atoms with E-state index in [1.807, 2.05) is 0 Å². The van der Waals surface area contributed by atoms with E-state index in [4.69, 9.17) is 0 Å². The summed E-state index contributed by atoms with van der Waals surface area (Å²) in [6.07, 6.45) is 2.90. The van der Waals surface area contributed by atoms with E-state index in [2.05, 4.69) is 53.4 Å². The second-order valence-electron chi connectivity index (χ2n) is 1.40. The first-order chi connectivity index (χ1) is 4.41. The van der Waals surface area contributed by atoms with Gasteiger partial charge in [0.25, 0.3) is 0 Å². The minimum Gasteiger partial charge on any atom is -0.0907 e. The molecular formula is C7H6Br2. The first kappa shape index (κ1) is 9.08. The summed E-state index contributed by atoms with van der Waals surface area (Å²) in [5.41, 5.74) is 0. The molecule has 0 nitrogen and oxygen atoms in total. The Balaban J connectivity index is 3.04. The Bertz CT molecular complexity index is 143. The normalized spacial score (nSPS) is 6.44. The Hall–Kier alpha value is 0.0800. The number of unbranched alkanes of at least 4 members (excludes halogenated alkanes) is 2. The predicted molar refractivity (Wildman–Crippen MR) is 47.3 cm³/mol. The molecule has 0 aliphatic rings. The van der Waals surface area contributed by atoms with Crippen molar-refractivity contribution in [2.75, 3.05) is 0 Å². The van der Waals surface area contributed by atoms with Crippen molar-refractivity contribution in [3.05, 3.63) is 0 Å². The van der Waals surface area contributed by atoms with E-state index in [0.29, 0.717) is 0 Å². The van der Waals surface area contributed by atoms with E-state index in [1.165, 1.54) is 0 Å². The van der Waals surface area contributed by atoms with Gasteiger partial charge in [-0.25, -0.2) is 0 Å². The maximum Gasteiger partial charge on any atom is 0.0107 e. The summed E-state index contributed by atoms with van der Waals surface area (Å²) in [7, 11) is 0. The van der Waals surface area contributed by atoms with Crippen LogP contribution in [0.2, 0.25) is 0 Å². The first-order valence-electron chi connectivity index (χ1n) is 2.59. The zero-order valence-electron chi connectivity index (χ0n) is 4.88. The van der Waals surface area contributed by atoms with Gasteiger partial charge in [0.2, 0.25) is 0 Å². The first-order valence-corrected chi connectivity index (χ1v) is 4.17. The van der Waals surface area contributed by atoms with E-state index >= 15 is 0 Å². The molecule has 0 saturated carbocycles. The second kappa shape index (κ2) is 8.08. The van der Waals surface area contributed by atoms with Crippen LogP contribution in [-0.2, 0) is 0 Å². The van der Waals surface area contributed by atoms with Crippen molar-refractivity contribution in [1.82, 2.24) is 0 Å². The summed E-state index contributed by atoms with van der Waals surface area (Å²) in [4.78, 5) is 5.29. The number of hydrogen-bond acceptors (Lipinski definition) is 0. The van der Waals surface area contributed by atoms with Crippen LogP contribution in [0.15, 0.2) is 0 Å². The summed E-state index contributed by atoms with van der Waals surface area (Å²) in [5.74, 6) is 5.78. The third kappa shape index (κ3) is 8.08. The average Bonchev–Trinajstić information content (AvgIpc) is 1.89. The molecule has 0 radical (unpaired) electrons. The molecule has 0 saturated heterocycles. The molecular weight excluding hydrogens is 244 g/mol. The summed E-state index contributed by atoms with van der Waals surface area (Å²) in [5, 5.41) is 0. The second-order valence-corrected chi connectivity index (χ2v) is 2.19. The van der Waals surface area contributed by atoms with Gasteiger partial charge in [-0.2, -0.15) is 0 Å². The van der Waals surface area contributed by atoms with Crippen molar-refractivity contribution in [3.63, 3.8) is 0 Å². The molecule has 0 unspecified atom stereocenters. The van der Waals surface area contributed by atoms with Gasteiger partial charge in [0, 0.05) is 44.7 Å². The summed E-state index contributed by atoms with van der Waals surface area (Å²) < 4.78 is 0. The molecule has 0 rings (SSSR count). The van der Waals surface area contributed by atoms with Crippen molar-refractivity contribution in [2.45, 2.75) is 19.3 Å². The highest BCUT2D eigenvalue weighted by molar-refractivity contribution is 9.12. The third-order valence-electron chi connectivity index (χ3n) is 0.737. The molecule has 0 aromatic rings. The van der Waals surface area contributed by atoms with Crippen molar-refractivity contribution in [1.29, 1.82) is 0 Å². The molecule has 0 fully saturated rings. The van der Waals surface area contributed by atoms with Gasteiger partial charge in [-0.05, 0) is 16.1 Å². The lowest BCUT2D eigenvalue weighted by Crippen LogP contribution is -1.67. The Morgan fingerprint density at radius 3 is 1.67 bits per heavy atom. The van der Waals surface area contributed by atoms with Crippen molar-refractivity contribution in [3.8, 4) is 21.5 Å². The Labute approximate surface area is 72.7 Å². The summed E-state index contributed by atoms with van der Waals surface area (Å²) >= 11 is 6.02. The molecule has 0 N–H and O–H groups in total. The molecule has 0 amide bonds. The van der Waals surface area contributed by atoms with Gasteiger partial charge in [-0.1, -0.05) is 11.8 Å². The van der Waals surface area contributed by atoms with Crippen molar-refractivity contribution < 1.29 is 0 Å². The highest BCUT2D eigenvalue weighted by Gasteiger charge is 1.76. The lowest BCUT2D eigenvalue weighted by molar-refractivity contribution is 0.904. The predicted octanol–water partition coefficient (Wildman–Crippen LogP) is 2.87. The monoisotopic (exact) mass is 248 g/mol. The fourth-order valence-electron chi connectivity index (χ4n) is 0.360. The summed E-state index contributed by atoms with van der Waals surface area (Å²) in [6, 6.07) is 0. The van der Waals surface area contributed by atoms with E-state index in [0.717, 1.165) is 19.3 Å². The van der Waals surface area contributed by atoms with E-state index < -0.39 is 0 Å². The Morgan fingerprint density at radius 1 is 0.889 bits per heavy atom. The summed E-state index contributed by atoms with van der Waals surface area (Å²) in [6.45, 7) is 0. The van der Waals surface area contributed by atoms with Gasteiger partial charge in [0.1, 0.15) is 0 Å². The van der Waals surface area contributed by atoms with Crippen molar-refractivity contribution >= 4 is 31.9 Å². The van der Waals surface area contributed by atoms with Crippen LogP contribution in [0.5, 0.6) is 0 Å². The molecule has 0 atom stereocenters. The molecule has 0 aliphatic heterocycles. The standard InChI is InChI=1S/C7H6Br2/c8-6-4-2-1-3-5-7-9/h1-3H2. The average molecular weight is 250 g/mol. The molecule has 2 heteroatoms. The van der Waals surface area contributed by atoms with Crippen molar-refractivity contribution in [2.24, 2.45) is 0 Å². The molecule has 0 aromatic heterocycles. The van der Waals surface area contributed by atoms with Gasteiger partial charge >= 0.3 is 0 Å². The van der Waals surface area contributed by atoms with E-state index in [1.54, 1.807) is 0 Å². The van der Waals surface area contributed by atoms with Crippen LogP contribution in [0.1, 0.15) is 19.3 Å². The van der Waals surface area contributed by atoms with Crippen LogP contribution < -0.4 is 0 Å². The topological polar surface area (TPSA) is 0 Å². The SMILES string of the molecule is BrC#CCCCC#CBr. The highest BCUT2D eigenvalue weighted by Crippen LogP contribution is 1.92. The van der Waals surface area contributed by atoms with Crippen LogP contribution in [-0.4, -0.2) is 0 Å². The fourth-order valence-corrected chi connectivity index (χ4v) is 0.756. The van der Waals surface area contributed by atoms with Crippen LogP contribution in [0, 0.1) is 21.5 Å². The molecule has 0 heterocycles. The Kier molecular flexibility index (Phi) is 8.15. The molecule has 9 heavy (non-hydrogen) atoms. The largest absolute Gasteiger partial charge is 0.0907 e. The quantitative estimate of drug-likeness (QED) is 0.522. The highest BCUT2D eigenvalue weighted by atomic mass is 79.9. The van der Waals surface area contributed by atoms with Crippen LogP contribution in [0.25, 0.3) is 0 Å². The third-order valence-corrected chi connectivity index (χ3v) is 1.30. The smallest absolute Gasteiger partial charge is 0.0107 e. The lowest BCUT2D eigenvalue weighted by Gasteiger charge is -1.81. The Morgan fingerprint density at radius 2 is 1.33 bits per heavy atom. The molecule has 0 bridgehead atoms. The number of rotatable bonds is 2. The zero-order valence-corrected chi connectivity index (χ0v) is 8.05. The van der Waals surface area contributed by atoms with Gasteiger partial charge in [-0.3, -0.25) is 0 Å². The minimum absolute atomic E-state index is 0.924. The molecule has 0 aromatic carbocycles. The van der Waals surface area contributed by atoms with E-state index in [9.17, 15) is 0 Å². The number of hydrogen-bond donors (Lipinski definition) is 0.